The Morgan fingerprint density at radius 1 is 1.23 bits per heavy atom. The SMILES string of the molecule is CCc1ccc2c(COC(=O)c3cn4ccccc4n3)cc(=O)oc2c1. The molecular formula is C20H16N2O4. The van der Waals surface area contributed by atoms with Gasteiger partial charge in [-0.3, -0.25) is 0 Å². The van der Waals surface area contributed by atoms with Crippen molar-refractivity contribution in [2.24, 2.45) is 0 Å². The molecule has 0 N–H and O–H groups in total. The molecule has 0 radical (unpaired) electrons. The average molecular weight is 348 g/mol. The second-order valence-corrected chi connectivity index (χ2v) is 5.94. The van der Waals surface area contributed by atoms with E-state index in [1.54, 1.807) is 22.9 Å². The topological polar surface area (TPSA) is 73.8 Å². The monoisotopic (exact) mass is 348 g/mol. The molecule has 0 atom stereocenters. The molecule has 4 rings (SSSR count). The molecule has 0 aliphatic carbocycles. The van der Waals surface area contributed by atoms with Gasteiger partial charge >= 0.3 is 11.6 Å². The van der Waals surface area contributed by atoms with Crippen molar-refractivity contribution in [3.8, 4) is 0 Å². The number of rotatable bonds is 4. The van der Waals surface area contributed by atoms with Gasteiger partial charge in [0, 0.05) is 29.4 Å². The van der Waals surface area contributed by atoms with Crippen LogP contribution in [0.2, 0.25) is 0 Å². The third-order valence-corrected chi connectivity index (χ3v) is 4.23. The minimum atomic E-state index is -0.541. The quantitative estimate of drug-likeness (QED) is 0.418. The molecule has 4 aromatic rings. The lowest BCUT2D eigenvalue weighted by Gasteiger charge is -2.07. The maximum absolute atomic E-state index is 12.3. The maximum atomic E-state index is 12.3. The first-order chi connectivity index (χ1) is 12.6. The van der Waals surface area contributed by atoms with Crippen molar-refractivity contribution in [2.45, 2.75) is 20.0 Å². The molecule has 3 heterocycles. The Morgan fingerprint density at radius 3 is 2.92 bits per heavy atom. The van der Waals surface area contributed by atoms with E-state index in [2.05, 4.69) is 4.98 Å². The Bertz CT molecular complexity index is 1140. The summed E-state index contributed by atoms with van der Waals surface area (Å²) in [6.45, 7) is 2.00. The zero-order chi connectivity index (χ0) is 18.1. The highest BCUT2D eigenvalue weighted by Gasteiger charge is 2.14. The van der Waals surface area contributed by atoms with E-state index >= 15 is 0 Å². The highest BCUT2D eigenvalue weighted by atomic mass is 16.5. The number of hydrogen-bond donors (Lipinski definition) is 0. The number of carbonyl (C=O) groups excluding carboxylic acids is 1. The Kier molecular flexibility index (Phi) is 4.01. The number of pyridine rings is 1. The van der Waals surface area contributed by atoms with Crippen LogP contribution in [0.15, 0.2) is 64.1 Å². The Morgan fingerprint density at radius 2 is 2.12 bits per heavy atom. The van der Waals surface area contributed by atoms with Crippen LogP contribution in [0, 0.1) is 0 Å². The summed E-state index contributed by atoms with van der Waals surface area (Å²) < 4.78 is 12.4. The molecule has 0 saturated carbocycles. The zero-order valence-electron chi connectivity index (χ0n) is 14.1. The Balaban J connectivity index is 1.60. The second kappa shape index (κ2) is 6.48. The summed E-state index contributed by atoms with van der Waals surface area (Å²) in [4.78, 5) is 28.4. The first-order valence-electron chi connectivity index (χ1n) is 8.30. The normalized spacial score (nSPS) is 11.1. The van der Waals surface area contributed by atoms with Crippen molar-refractivity contribution in [3.05, 3.63) is 82.1 Å². The fourth-order valence-corrected chi connectivity index (χ4v) is 2.86. The number of hydrogen-bond acceptors (Lipinski definition) is 5. The van der Waals surface area contributed by atoms with Gasteiger partial charge in [-0.15, -0.1) is 0 Å². The third kappa shape index (κ3) is 2.97. The highest BCUT2D eigenvalue weighted by molar-refractivity contribution is 5.88. The van der Waals surface area contributed by atoms with Gasteiger partial charge < -0.3 is 13.6 Å². The van der Waals surface area contributed by atoms with E-state index < -0.39 is 11.6 Å². The Labute approximate surface area is 148 Å². The van der Waals surface area contributed by atoms with Crippen LogP contribution in [0.25, 0.3) is 16.6 Å². The first kappa shape index (κ1) is 16.1. The minimum absolute atomic E-state index is 0.0275. The van der Waals surface area contributed by atoms with Gasteiger partial charge in [-0.1, -0.05) is 25.1 Å². The summed E-state index contributed by atoms with van der Waals surface area (Å²) in [5.41, 5.74) is 2.59. The van der Waals surface area contributed by atoms with E-state index in [0.717, 1.165) is 17.4 Å². The lowest BCUT2D eigenvalue weighted by atomic mass is 10.1. The van der Waals surface area contributed by atoms with Crippen molar-refractivity contribution < 1.29 is 13.9 Å². The van der Waals surface area contributed by atoms with E-state index in [1.165, 1.54) is 6.07 Å². The molecule has 0 unspecified atom stereocenters. The number of aryl methyl sites for hydroxylation is 1. The largest absolute Gasteiger partial charge is 0.456 e. The van der Waals surface area contributed by atoms with Crippen molar-refractivity contribution in [2.75, 3.05) is 0 Å². The van der Waals surface area contributed by atoms with Crippen LogP contribution >= 0.6 is 0 Å². The van der Waals surface area contributed by atoms with Crippen molar-refractivity contribution in [1.29, 1.82) is 0 Å². The summed E-state index contributed by atoms with van der Waals surface area (Å²) in [5.74, 6) is -0.541. The average Bonchev–Trinajstić information content (AvgIpc) is 3.09. The number of nitrogens with zero attached hydrogens (tertiary/aromatic N) is 2. The van der Waals surface area contributed by atoms with E-state index in [9.17, 15) is 9.59 Å². The predicted octanol–water partition coefficient (Wildman–Crippen LogP) is 3.36. The molecule has 0 saturated heterocycles. The lowest BCUT2D eigenvalue weighted by molar-refractivity contribution is 0.0467. The lowest BCUT2D eigenvalue weighted by Crippen LogP contribution is -2.08. The van der Waals surface area contributed by atoms with E-state index in [-0.39, 0.29) is 12.3 Å². The molecule has 6 nitrogen and oxygen atoms in total. The van der Waals surface area contributed by atoms with Gasteiger partial charge in [0.15, 0.2) is 5.69 Å². The molecule has 0 fully saturated rings. The fourth-order valence-electron chi connectivity index (χ4n) is 2.86. The standard InChI is InChI=1S/C20H16N2O4/c1-2-13-6-7-15-14(10-19(23)26-17(15)9-13)12-25-20(24)16-11-22-8-4-3-5-18(22)21-16/h3-11H,2,12H2,1H3. The molecule has 3 aromatic heterocycles. The molecule has 0 spiro atoms. The van der Waals surface area contributed by atoms with E-state index in [1.807, 2.05) is 37.3 Å². The smallest absolute Gasteiger partial charge is 0.358 e. The number of imidazole rings is 1. The molecular weight excluding hydrogens is 332 g/mol. The van der Waals surface area contributed by atoms with Crippen LogP contribution in [0.3, 0.4) is 0 Å². The molecule has 130 valence electrons. The van der Waals surface area contributed by atoms with Crippen molar-refractivity contribution >= 4 is 22.6 Å². The van der Waals surface area contributed by atoms with Crippen molar-refractivity contribution in [3.63, 3.8) is 0 Å². The third-order valence-electron chi connectivity index (χ3n) is 4.23. The fraction of sp³-hybridized carbons (Fsp3) is 0.150. The number of aromatic nitrogens is 2. The Hall–Kier alpha value is -3.41. The molecule has 1 aromatic carbocycles. The molecule has 0 amide bonds. The van der Waals surface area contributed by atoms with Crippen LogP contribution in [-0.2, 0) is 17.8 Å². The molecule has 0 bridgehead atoms. The van der Waals surface area contributed by atoms with Gasteiger partial charge in [0.25, 0.3) is 0 Å². The van der Waals surface area contributed by atoms with Crippen molar-refractivity contribution in [1.82, 2.24) is 9.38 Å². The van der Waals surface area contributed by atoms with E-state index in [0.29, 0.717) is 16.8 Å². The summed E-state index contributed by atoms with van der Waals surface area (Å²) >= 11 is 0. The van der Waals surface area contributed by atoms with Crippen LogP contribution in [0.4, 0.5) is 0 Å². The van der Waals surface area contributed by atoms with Gasteiger partial charge in [-0.05, 0) is 30.2 Å². The molecule has 26 heavy (non-hydrogen) atoms. The van der Waals surface area contributed by atoms with E-state index in [4.69, 9.17) is 9.15 Å². The van der Waals surface area contributed by atoms with Crippen LogP contribution in [-0.4, -0.2) is 15.4 Å². The number of benzene rings is 1. The number of esters is 1. The molecule has 0 aliphatic heterocycles. The first-order valence-corrected chi connectivity index (χ1v) is 8.30. The van der Waals surface area contributed by atoms with Gasteiger partial charge in [-0.25, -0.2) is 14.6 Å². The molecule has 0 aliphatic rings. The summed E-state index contributed by atoms with van der Waals surface area (Å²) in [6, 6.07) is 12.5. The van der Waals surface area contributed by atoms with Crippen LogP contribution < -0.4 is 5.63 Å². The summed E-state index contributed by atoms with van der Waals surface area (Å²) in [7, 11) is 0. The van der Waals surface area contributed by atoms with Gasteiger partial charge in [0.05, 0.1) is 0 Å². The summed E-state index contributed by atoms with van der Waals surface area (Å²) in [5, 5.41) is 0.754. The summed E-state index contributed by atoms with van der Waals surface area (Å²) in [6.07, 6.45) is 4.26. The highest BCUT2D eigenvalue weighted by Crippen LogP contribution is 2.20. The zero-order valence-corrected chi connectivity index (χ0v) is 14.1. The van der Waals surface area contributed by atoms with Crippen LogP contribution in [0.5, 0.6) is 0 Å². The number of fused-ring (bicyclic) bond motifs is 2. The number of carbonyl (C=O) groups is 1. The van der Waals surface area contributed by atoms with Crippen LogP contribution in [0.1, 0.15) is 28.5 Å². The molecule has 6 heteroatoms. The predicted molar refractivity (Wildman–Crippen MR) is 96.2 cm³/mol. The van der Waals surface area contributed by atoms with Gasteiger partial charge in [-0.2, -0.15) is 0 Å². The number of ether oxygens (including phenoxy) is 1. The van der Waals surface area contributed by atoms with Gasteiger partial charge in [0.1, 0.15) is 17.8 Å². The van der Waals surface area contributed by atoms with Gasteiger partial charge in [0.2, 0.25) is 0 Å². The second-order valence-electron chi connectivity index (χ2n) is 5.94. The maximum Gasteiger partial charge on any atom is 0.358 e. The minimum Gasteiger partial charge on any atom is -0.456 e.